The maximum absolute atomic E-state index is 11.0. The van der Waals surface area contributed by atoms with Crippen molar-refractivity contribution in [1.82, 2.24) is 10.6 Å². The summed E-state index contributed by atoms with van der Waals surface area (Å²) in [6.07, 6.45) is 1.09. The molecule has 63 valence electrons. The first-order chi connectivity index (χ1) is 5.65. The van der Waals surface area contributed by atoms with Gasteiger partial charge in [-0.3, -0.25) is 10.1 Å². The standard InChI is InChI=1S/C6H5N2O3S/c1-11-5(10)3-2-7-6(12)8-4(3)9/h2H,1H3,(H,8,9,12). The fourth-order valence-corrected chi connectivity index (χ4v) is 0.779. The first kappa shape index (κ1) is 8.66. The van der Waals surface area contributed by atoms with E-state index in [-0.39, 0.29) is 10.7 Å². The molecule has 1 N–H and O–H groups in total. The third-order valence-electron chi connectivity index (χ3n) is 1.18. The summed E-state index contributed by atoms with van der Waals surface area (Å²) in [5, 5.41) is 5.82. The van der Waals surface area contributed by atoms with E-state index in [1.807, 2.05) is 0 Å². The molecule has 0 saturated heterocycles. The minimum atomic E-state index is -0.723. The minimum Gasteiger partial charge on any atom is -0.465 e. The number of methoxy groups -OCH3 is 1. The number of hydrogen-bond donors (Lipinski definition) is 1. The summed E-state index contributed by atoms with van der Waals surface area (Å²) in [6, 6.07) is 0. The van der Waals surface area contributed by atoms with Gasteiger partial charge in [0.1, 0.15) is 5.57 Å². The predicted octanol–water partition coefficient (Wildman–Crippen LogP) is -0.938. The van der Waals surface area contributed by atoms with Crippen molar-refractivity contribution in [1.29, 1.82) is 0 Å². The number of esters is 1. The van der Waals surface area contributed by atoms with E-state index in [9.17, 15) is 9.59 Å². The summed E-state index contributed by atoms with van der Waals surface area (Å²) in [5.74, 6) is -1.30. The Bertz CT molecular complexity index is 285. The largest absolute Gasteiger partial charge is 0.465 e. The first-order valence-electron chi connectivity index (χ1n) is 3.00. The molecule has 0 saturated carbocycles. The van der Waals surface area contributed by atoms with Crippen molar-refractivity contribution in [2.75, 3.05) is 7.11 Å². The van der Waals surface area contributed by atoms with E-state index < -0.39 is 11.9 Å². The molecular weight excluding hydrogens is 180 g/mol. The van der Waals surface area contributed by atoms with Crippen LogP contribution in [0.2, 0.25) is 0 Å². The maximum atomic E-state index is 11.0. The zero-order chi connectivity index (χ0) is 9.14. The van der Waals surface area contributed by atoms with Crippen molar-refractivity contribution in [3.63, 3.8) is 0 Å². The highest BCUT2D eigenvalue weighted by molar-refractivity contribution is 7.80. The summed E-state index contributed by atoms with van der Waals surface area (Å²) in [4.78, 5) is 21.8. The topological polar surface area (TPSA) is 69.5 Å². The Morgan fingerprint density at radius 2 is 2.42 bits per heavy atom. The van der Waals surface area contributed by atoms with E-state index in [2.05, 4.69) is 27.6 Å². The molecule has 1 rings (SSSR count). The number of rotatable bonds is 1. The SMILES string of the molecule is COC(=O)C1=C[N]C(=S)NC1=O. The number of hydrogen-bond acceptors (Lipinski definition) is 4. The number of thiocarbonyl (C=S) groups is 1. The summed E-state index contributed by atoms with van der Waals surface area (Å²) in [5.41, 5.74) is -0.147. The summed E-state index contributed by atoms with van der Waals surface area (Å²) < 4.78 is 4.32. The molecule has 0 spiro atoms. The predicted molar refractivity (Wildman–Crippen MR) is 43.0 cm³/mol. The van der Waals surface area contributed by atoms with Gasteiger partial charge in [-0.15, -0.1) is 0 Å². The number of ether oxygens (including phenoxy) is 1. The van der Waals surface area contributed by atoms with Crippen LogP contribution >= 0.6 is 12.2 Å². The van der Waals surface area contributed by atoms with Crippen molar-refractivity contribution in [3.8, 4) is 0 Å². The average Bonchev–Trinajstić information content (AvgIpc) is 2.03. The molecule has 0 bridgehead atoms. The van der Waals surface area contributed by atoms with Crippen LogP contribution in [0.25, 0.3) is 0 Å². The highest BCUT2D eigenvalue weighted by Crippen LogP contribution is 2.00. The first-order valence-corrected chi connectivity index (χ1v) is 3.40. The fraction of sp³-hybridized carbons (Fsp3) is 0.167. The van der Waals surface area contributed by atoms with Crippen molar-refractivity contribution in [2.45, 2.75) is 0 Å². The second kappa shape index (κ2) is 3.31. The molecule has 1 heterocycles. The lowest BCUT2D eigenvalue weighted by atomic mass is 10.2. The third kappa shape index (κ3) is 1.59. The number of carbonyl (C=O) groups excluding carboxylic acids is 2. The van der Waals surface area contributed by atoms with Gasteiger partial charge in [0.25, 0.3) is 5.91 Å². The minimum absolute atomic E-state index is 0.0488. The molecule has 0 unspecified atom stereocenters. The van der Waals surface area contributed by atoms with Crippen LogP contribution in [-0.4, -0.2) is 24.1 Å². The van der Waals surface area contributed by atoms with Gasteiger partial charge >= 0.3 is 5.97 Å². The zero-order valence-electron chi connectivity index (χ0n) is 6.16. The van der Waals surface area contributed by atoms with Gasteiger partial charge in [0.05, 0.1) is 13.3 Å². The normalized spacial score (nSPS) is 15.9. The van der Waals surface area contributed by atoms with Gasteiger partial charge in [-0.05, 0) is 12.2 Å². The van der Waals surface area contributed by atoms with E-state index in [4.69, 9.17) is 0 Å². The molecule has 0 fully saturated rings. The van der Waals surface area contributed by atoms with Crippen LogP contribution in [0.1, 0.15) is 0 Å². The van der Waals surface area contributed by atoms with Crippen molar-refractivity contribution < 1.29 is 14.3 Å². The van der Waals surface area contributed by atoms with Crippen LogP contribution in [0.5, 0.6) is 0 Å². The Kier molecular flexibility index (Phi) is 2.39. The second-order valence-electron chi connectivity index (χ2n) is 1.92. The van der Waals surface area contributed by atoms with Gasteiger partial charge < -0.3 is 4.74 Å². The van der Waals surface area contributed by atoms with E-state index in [1.165, 1.54) is 7.11 Å². The van der Waals surface area contributed by atoms with Crippen LogP contribution in [-0.2, 0) is 14.3 Å². The van der Waals surface area contributed by atoms with Crippen LogP contribution < -0.4 is 10.6 Å². The number of carbonyl (C=O) groups is 2. The van der Waals surface area contributed by atoms with Crippen molar-refractivity contribution >= 4 is 29.2 Å². The molecule has 1 radical (unpaired) electrons. The molecule has 1 aliphatic rings. The number of nitrogens with zero attached hydrogens (tertiary/aromatic N) is 1. The molecule has 0 aromatic rings. The molecule has 12 heavy (non-hydrogen) atoms. The summed E-state index contributed by atoms with van der Waals surface area (Å²) in [6.45, 7) is 0. The van der Waals surface area contributed by atoms with Gasteiger partial charge in [0.15, 0.2) is 5.11 Å². The van der Waals surface area contributed by atoms with Crippen LogP contribution in [0.15, 0.2) is 11.8 Å². The highest BCUT2D eigenvalue weighted by Gasteiger charge is 2.23. The number of nitrogens with one attached hydrogen (secondary N) is 1. The lowest BCUT2D eigenvalue weighted by Gasteiger charge is -2.11. The lowest BCUT2D eigenvalue weighted by molar-refractivity contribution is -0.138. The van der Waals surface area contributed by atoms with Crippen molar-refractivity contribution in [3.05, 3.63) is 11.8 Å². The summed E-state index contributed by atoms with van der Waals surface area (Å²) in [7, 11) is 1.18. The molecule has 1 aliphatic heterocycles. The zero-order valence-corrected chi connectivity index (χ0v) is 6.97. The lowest BCUT2D eigenvalue weighted by Crippen LogP contribution is -2.41. The average molecular weight is 185 g/mol. The molecule has 6 heteroatoms. The molecule has 0 aliphatic carbocycles. The second-order valence-corrected chi connectivity index (χ2v) is 2.31. The van der Waals surface area contributed by atoms with E-state index in [1.54, 1.807) is 0 Å². The van der Waals surface area contributed by atoms with Crippen LogP contribution in [0.4, 0.5) is 0 Å². The Morgan fingerprint density at radius 1 is 1.75 bits per heavy atom. The molecule has 5 nitrogen and oxygen atoms in total. The van der Waals surface area contributed by atoms with E-state index >= 15 is 0 Å². The smallest absolute Gasteiger partial charge is 0.345 e. The van der Waals surface area contributed by atoms with Crippen LogP contribution in [0, 0.1) is 0 Å². The van der Waals surface area contributed by atoms with E-state index in [0.29, 0.717) is 0 Å². The molecule has 1 amide bonds. The van der Waals surface area contributed by atoms with Crippen LogP contribution in [0.3, 0.4) is 0 Å². The Morgan fingerprint density at radius 3 is 2.92 bits per heavy atom. The van der Waals surface area contributed by atoms with Gasteiger partial charge in [-0.25, -0.2) is 10.1 Å². The Hall–Kier alpha value is -1.43. The van der Waals surface area contributed by atoms with Gasteiger partial charge in [0, 0.05) is 0 Å². The quantitative estimate of drug-likeness (QED) is 0.325. The molecular formula is C6H5N2O3S. The number of amides is 1. The monoisotopic (exact) mass is 185 g/mol. The summed E-state index contributed by atoms with van der Waals surface area (Å²) >= 11 is 4.56. The Labute approximate surface area is 73.8 Å². The van der Waals surface area contributed by atoms with E-state index in [0.717, 1.165) is 6.20 Å². The molecule has 0 atom stereocenters. The molecule has 0 aromatic heterocycles. The molecule has 0 aromatic carbocycles. The Balaban J connectivity index is 2.84. The fourth-order valence-electron chi connectivity index (χ4n) is 0.634. The highest BCUT2D eigenvalue weighted by atomic mass is 32.1. The van der Waals surface area contributed by atoms with Gasteiger partial charge in [-0.1, -0.05) is 0 Å². The van der Waals surface area contributed by atoms with Gasteiger partial charge in [0.2, 0.25) is 0 Å². The van der Waals surface area contributed by atoms with Gasteiger partial charge in [-0.2, -0.15) is 0 Å². The third-order valence-corrected chi connectivity index (χ3v) is 1.39. The maximum Gasteiger partial charge on any atom is 0.345 e. The van der Waals surface area contributed by atoms with Crippen molar-refractivity contribution in [2.24, 2.45) is 0 Å².